The molecule has 0 saturated carbocycles. The molecule has 0 aliphatic carbocycles. The molecule has 0 saturated heterocycles. The van der Waals surface area contributed by atoms with E-state index in [1.54, 1.807) is 25.1 Å². The molecule has 8 heteroatoms. The van der Waals surface area contributed by atoms with Crippen molar-refractivity contribution in [2.75, 3.05) is 31.8 Å². The third-order valence-electron chi connectivity index (χ3n) is 4.85. The van der Waals surface area contributed by atoms with Crippen molar-refractivity contribution >= 4 is 21.6 Å². The quantitative estimate of drug-likeness (QED) is 0.800. The molecule has 0 bridgehead atoms. The van der Waals surface area contributed by atoms with Gasteiger partial charge in [0.15, 0.2) is 0 Å². The fourth-order valence-electron chi connectivity index (χ4n) is 3.30. The Morgan fingerprint density at radius 3 is 2.39 bits per heavy atom. The molecule has 0 radical (unpaired) electrons. The molecule has 0 aromatic heterocycles. The molecular weight excluding hydrogens is 380 g/mol. The van der Waals surface area contributed by atoms with Gasteiger partial charge in [-0.3, -0.25) is 4.79 Å². The van der Waals surface area contributed by atoms with Crippen LogP contribution in [0.15, 0.2) is 36.4 Å². The molecule has 0 fully saturated rings. The fourth-order valence-corrected chi connectivity index (χ4v) is 4.37. The lowest BCUT2D eigenvalue weighted by molar-refractivity contribution is 0.102. The Balaban J connectivity index is 1.86. The van der Waals surface area contributed by atoms with Crippen LogP contribution < -0.4 is 14.8 Å². The predicted molar refractivity (Wildman–Crippen MR) is 108 cm³/mol. The average molecular weight is 404 g/mol. The van der Waals surface area contributed by atoms with Gasteiger partial charge in [-0.1, -0.05) is 12.1 Å². The molecule has 28 heavy (non-hydrogen) atoms. The summed E-state index contributed by atoms with van der Waals surface area (Å²) in [5.41, 5.74) is 2.89. The van der Waals surface area contributed by atoms with Crippen LogP contribution in [0, 0.1) is 0 Å². The van der Waals surface area contributed by atoms with E-state index in [1.165, 1.54) is 18.5 Å². The van der Waals surface area contributed by atoms with E-state index < -0.39 is 10.0 Å². The Hall–Kier alpha value is -2.58. The summed E-state index contributed by atoms with van der Waals surface area (Å²) >= 11 is 0. The standard InChI is InChI=1S/C20H24N2O5S/c1-4-28(24,25)22-11-10-14-8-9-16(12-15(14)13-22)21-20(23)19-17(26-2)6-5-7-18(19)27-3/h5-9,12H,4,10-11,13H2,1-3H3,(H,21,23). The minimum absolute atomic E-state index is 0.0758. The second-order valence-corrected chi connectivity index (χ2v) is 8.72. The third kappa shape index (κ3) is 3.98. The highest BCUT2D eigenvalue weighted by atomic mass is 32.2. The second kappa shape index (κ2) is 8.20. The minimum Gasteiger partial charge on any atom is -0.496 e. The largest absolute Gasteiger partial charge is 0.496 e. The first-order valence-corrected chi connectivity index (χ1v) is 10.6. The normalized spacial score (nSPS) is 14.2. The second-order valence-electron chi connectivity index (χ2n) is 6.46. The molecule has 1 amide bonds. The molecule has 0 atom stereocenters. The summed E-state index contributed by atoms with van der Waals surface area (Å²) in [6.45, 7) is 2.43. The van der Waals surface area contributed by atoms with E-state index in [1.807, 2.05) is 18.2 Å². The Morgan fingerprint density at radius 2 is 1.79 bits per heavy atom. The van der Waals surface area contributed by atoms with Gasteiger partial charge in [0, 0.05) is 18.8 Å². The highest BCUT2D eigenvalue weighted by molar-refractivity contribution is 7.89. The lowest BCUT2D eigenvalue weighted by Crippen LogP contribution is -2.36. The number of benzene rings is 2. The summed E-state index contributed by atoms with van der Waals surface area (Å²) < 4.78 is 36.4. The van der Waals surface area contributed by atoms with Crippen molar-refractivity contribution in [3.63, 3.8) is 0 Å². The van der Waals surface area contributed by atoms with E-state index in [9.17, 15) is 13.2 Å². The Labute approximate surface area is 165 Å². The van der Waals surface area contributed by atoms with Crippen LogP contribution >= 0.6 is 0 Å². The number of methoxy groups -OCH3 is 2. The number of hydrogen-bond donors (Lipinski definition) is 1. The van der Waals surface area contributed by atoms with E-state index in [4.69, 9.17) is 9.47 Å². The van der Waals surface area contributed by atoms with Crippen LogP contribution in [0.1, 0.15) is 28.4 Å². The van der Waals surface area contributed by atoms with Gasteiger partial charge in [0.2, 0.25) is 10.0 Å². The first-order valence-electron chi connectivity index (χ1n) is 9.01. The number of nitrogens with one attached hydrogen (secondary N) is 1. The molecule has 7 nitrogen and oxygen atoms in total. The number of carbonyl (C=O) groups excluding carboxylic acids is 1. The molecule has 150 valence electrons. The van der Waals surface area contributed by atoms with Gasteiger partial charge in [-0.2, -0.15) is 4.31 Å². The summed E-state index contributed by atoms with van der Waals surface area (Å²) in [4.78, 5) is 12.8. The Morgan fingerprint density at radius 1 is 1.11 bits per heavy atom. The van der Waals surface area contributed by atoms with E-state index in [2.05, 4.69) is 5.32 Å². The zero-order valence-electron chi connectivity index (χ0n) is 16.2. The van der Waals surface area contributed by atoms with Crippen molar-refractivity contribution < 1.29 is 22.7 Å². The number of hydrogen-bond acceptors (Lipinski definition) is 5. The number of sulfonamides is 1. The van der Waals surface area contributed by atoms with Gasteiger partial charge < -0.3 is 14.8 Å². The molecule has 0 unspecified atom stereocenters. The maximum Gasteiger partial charge on any atom is 0.263 e. The number of amides is 1. The first kappa shape index (κ1) is 20.2. The summed E-state index contributed by atoms with van der Waals surface area (Å²) in [5.74, 6) is 0.542. The summed E-state index contributed by atoms with van der Waals surface area (Å²) in [6, 6.07) is 10.7. The van der Waals surface area contributed by atoms with Crippen LogP contribution in [-0.4, -0.2) is 45.1 Å². The van der Waals surface area contributed by atoms with Crippen molar-refractivity contribution in [3.8, 4) is 11.5 Å². The lowest BCUT2D eigenvalue weighted by atomic mass is 10.0. The van der Waals surface area contributed by atoms with E-state index in [-0.39, 0.29) is 11.7 Å². The van der Waals surface area contributed by atoms with Crippen LogP contribution in [0.3, 0.4) is 0 Å². The summed E-state index contributed by atoms with van der Waals surface area (Å²) in [6.07, 6.45) is 0.656. The molecule has 2 aromatic rings. The van der Waals surface area contributed by atoms with Gasteiger partial charge in [-0.15, -0.1) is 0 Å². The van der Waals surface area contributed by atoms with Crippen molar-refractivity contribution in [2.24, 2.45) is 0 Å². The van der Waals surface area contributed by atoms with Gasteiger partial charge in [0.1, 0.15) is 17.1 Å². The minimum atomic E-state index is -3.25. The highest BCUT2D eigenvalue weighted by Gasteiger charge is 2.26. The maximum absolute atomic E-state index is 12.8. The zero-order valence-corrected chi connectivity index (χ0v) is 17.0. The van der Waals surface area contributed by atoms with Gasteiger partial charge in [-0.05, 0) is 48.7 Å². The van der Waals surface area contributed by atoms with Gasteiger partial charge >= 0.3 is 0 Å². The number of carbonyl (C=O) groups is 1. The van der Waals surface area contributed by atoms with Gasteiger partial charge in [-0.25, -0.2) is 8.42 Å². The van der Waals surface area contributed by atoms with Crippen molar-refractivity contribution in [3.05, 3.63) is 53.1 Å². The van der Waals surface area contributed by atoms with Crippen LogP contribution in [-0.2, 0) is 23.0 Å². The monoisotopic (exact) mass is 404 g/mol. The van der Waals surface area contributed by atoms with Crippen LogP contribution in [0.4, 0.5) is 5.69 Å². The van der Waals surface area contributed by atoms with Crippen LogP contribution in [0.25, 0.3) is 0 Å². The average Bonchev–Trinajstić information content (AvgIpc) is 2.72. The van der Waals surface area contributed by atoms with Gasteiger partial charge in [0.05, 0.1) is 20.0 Å². The number of ether oxygens (including phenoxy) is 2. The fraction of sp³-hybridized carbons (Fsp3) is 0.350. The number of rotatable bonds is 6. The van der Waals surface area contributed by atoms with Crippen LogP contribution in [0.2, 0.25) is 0 Å². The molecule has 3 rings (SSSR count). The maximum atomic E-state index is 12.8. The predicted octanol–water partition coefficient (Wildman–Crippen LogP) is 2.66. The molecule has 0 spiro atoms. The number of anilines is 1. The zero-order chi connectivity index (χ0) is 20.3. The molecule has 1 aliphatic rings. The lowest BCUT2D eigenvalue weighted by Gasteiger charge is -2.28. The van der Waals surface area contributed by atoms with E-state index in [0.717, 1.165) is 11.1 Å². The van der Waals surface area contributed by atoms with Gasteiger partial charge in [0.25, 0.3) is 5.91 Å². The third-order valence-corrected chi connectivity index (χ3v) is 6.68. The van der Waals surface area contributed by atoms with Crippen molar-refractivity contribution in [2.45, 2.75) is 19.9 Å². The smallest absolute Gasteiger partial charge is 0.263 e. The molecule has 2 aromatic carbocycles. The number of fused-ring (bicyclic) bond motifs is 1. The molecular formula is C20H24N2O5S. The molecule has 1 aliphatic heterocycles. The van der Waals surface area contributed by atoms with Crippen molar-refractivity contribution in [1.29, 1.82) is 0 Å². The first-order chi connectivity index (χ1) is 13.4. The molecule has 1 heterocycles. The summed E-state index contributed by atoms with van der Waals surface area (Å²) in [5, 5.41) is 2.86. The topological polar surface area (TPSA) is 84.9 Å². The Bertz CT molecular complexity index is 966. The van der Waals surface area contributed by atoms with Crippen LogP contribution in [0.5, 0.6) is 11.5 Å². The SMILES string of the molecule is CCS(=O)(=O)N1CCc2ccc(NC(=O)c3c(OC)cccc3OC)cc2C1. The highest BCUT2D eigenvalue weighted by Crippen LogP contribution is 2.30. The van der Waals surface area contributed by atoms with E-state index >= 15 is 0 Å². The molecule has 1 N–H and O–H groups in total. The number of nitrogens with zero attached hydrogens (tertiary/aromatic N) is 1. The Kier molecular flexibility index (Phi) is 5.90. The summed E-state index contributed by atoms with van der Waals surface area (Å²) in [7, 11) is -0.261. The van der Waals surface area contributed by atoms with E-state index in [0.29, 0.717) is 42.3 Å². The van der Waals surface area contributed by atoms with Crippen molar-refractivity contribution in [1.82, 2.24) is 4.31 Å².